The normalized spacial score (nSPS) is 39.5. The van der Waals surface area contributed by atoms with Crippen LogP contribution in [-0.4, -0.2) is 25.2 Å². The zero-order chi connectivity index (χ0) is 13.2. The first-order chi connectivity index (χ1) is 9.26. The van der Waals surface area contributed by atoms with E-state index in [2.05, 4.69) is 5.32 Å². The fraction of sp³-hybridized carbons (Fsp3) is 0.938. The molecule has 0 amide bonds. The van der Waals surface area contributed by atoms with Gasteiger partial charge in [-0.2, -0.15) is 0 Å². The number of carbonyl (C=O) groups excluding carboxylic acids is 1. The van der Waals surface area contributed by atoms with E-state index in [4.69, 9.17) is 4.74 Å². The molecule has 4 rings (SSSR count). The molecule has 0 aliphatic heterocycles. The molecule has 4 aliphatic carbocycles. The van der Waals surface area contributed by atoms with Crippen LogP contribution >= 0.6 is 0 Å². The highest BCUT2D eigenvalue weighted by molar-refractivity contribution is 5.69. The molecule has 0 saturated heterocycles. The van der Waals surface area contributed by atoms with Crippen molar-refractivity contribution in [2.45, 2.75) is 57.9 Å². The molecule has 1 N–H and O–H groups in total. The summed E-state index contributed by atoms with van der Waals surface area (Å²) in [5.41, 5.74) is 0. The Morgan fingerprint density at radius 1 is 1.11 bits per heavy atom. The average Bonchev–Trinajstić information content (AvgIpc) is 2.36. The first kappa shape index (κ1) is 13.4. The summed E-state index contributed by atoms with van der Waals surface area (Å²) in [6, 6.07) is 0.745. The maximum atomic E-state index is 11.3. The number of ether oxygens (including phenoxy) is 1. The second-order valence-electron chi connectivity index (χ2n) is 6.82. The van der Waals surface area contributed by atoms with Gasteiger partial charge in [-0.15, -0.1) is 0 Å². The zero-order valence-electron chi connectivity index (χ0n) is 12.1. The first-order valence-electron chi connectivity index (χ1n) is 8.15. The Morgan fingerprint density at radius 3 is 2.32 bits per heavy atom. The van der Waals surface area contributed by atoms with Gasteiger partial charge >= 0.3 is 5.97 Å². The van der Waals surface area contributed by atoms with Crippen molar-refractivity contribution >= 4 is 5.97 Å². The molecule has 19 heavy (non-hydrogen) atoms. The second-order valence-corrected chi connectivity index (χ2v) is 6.82. The first-order valence-corrected chi connectivity index (χ1v) is 8.15. The van der Waals surface area contributed by atoms with E-state index in [9.17, 15) is 4.79 Å². The van der Waals surface area contributed by atoms with Gasteiger partial charge in [0.15, 0.2) is 0 Å². The Bertz CT molecular complexity index is 301. The summed E-state index contributed by atoms with van der Waals surface area (Å²) in [4.78, 5) is 11.3. The topological polar surface area (TPSA) is 38.3 Å². The van der Waals surface area contributed by atoms with Gasteiger partial charge in [0, 0.05) is 12.5 Å². The molecular weight excluding hydrogens is 238 g/mol. The minimum atomic E-state index is -0.0469. The summed E-state index contributed by atoms with van der Waals surface area (Å²) in [5, 5.41) is 3.75. The third kappa shape index (κ3) is 2.96. The molecule has 0 radical (unpaired) electrons. The Labute approximate surface area is 116 Å². The van der Waals surface area contributed by atoms with Crippen molar-refractivity contribution in [3.8, 4) is 0 Å². The molecular formula is C16H27NO2. The van der Waals surface area contributed by atoms with E-state index in [-0.39, 0.29) is 5.97 Å². The molecule has 3 heteroatoms. The van der Waals surface area contributed by atoms with Gasteiger partial charge in [0.05, 0.1) is 6.61 Å². The molecule has 0 unspecified atom stereocenters. The van der Waals surface area contributed by atoms with Crippen LogP contribution in [0.2, 0.25) is 0 Å². The lowest BCUT2D eigenvalue weighted by Gasteiger charge is -2.54. The van der Waals surface area contributed by atoms with E-state index in [0.717, 1.165) is 42.7 Å². The average molecular weight is 265 g/mol. The number of rotatable bonds is 6. The number of nitrogens with one attached hydrogen (secondary N) is 1. The van der Waals surface area contributed by atoms with Crippen molar-refractivity contribution in [1.82, 2.24) is 5.32 Å². The van der Waals surface area contributed by atoms with E-state index >= 15 is 0 Å². The van der Waals surface area contributed by atoms with Crippen molar-refractivity contribution in [1.29, 1.82) is 0 Å². The van der Waals surface area contributed by atoms with Crippen LogP contribution in [0.5, 0.6) is 0 Å². The summed E-state index contributed by atoms with van der Waals surface area (Å²) >= 11 is 0. The summed E-state index contributed by atoms with van der Waals surface area (Å²) in [6.45, 7) is 3.35. The van der Waals surface area contributed by atoms with Crippen LogP contribution < -0.4 is 5.32 Å². The molecule has 4 saturated carbocycles. The second kappa shape index (κ2) is 5.82. The van der Waals surface area contributed by atoms with E-state index in [0.29, 0.717) is 13.0 Å². The number of carbonyl (C=O) groups is 1. The van der Waals surface area contributed by atoms with Gasteiger partial charge in [-0.05, 0) is 75.7 Å². The molecule has 0 atom stereocenters. The Morgan fingerprint density at radius 2 is 1.74 bits per heavy atom. The van der Waals surface area contributed by atoms with Crippen molar-refractivity contribution in [2.75, 3.05) is 13.2 Å². The van der Waals surface area contributed by atoms with E-state index in [1.807, 2.05) is 6.92 Å². The molecule has 108 valence electrons. The number of hydrogen-bond acceptors (Lipinski definition) is 3. The SMILES string of the molecule is CCOC(=O)CCCNC1C2CC3CC(C2)CC1C3. The molecule has 4 aliphatic rings. The molecule has 0 aromatic carbocycles. The van der Waals surface area contributed by atoms with Gasteiger partial charge in [-0.1, -0.05) is 0 Å². The number of esters is 1. The van der Waals surface area contributed by atoms with Gasteiger partial charge in [0.1, 0.15) is 0 Å². The van der Waals surface area contributed by atoms with Gasteiger partial charge in [0.2, 0.25) is 0 Å². The van der Waals surface area contributed by atoms with Crippen molar-refractivity contribution in [2.24, 2.45) is 23.7 Å². The summed E-state index contributed by atoms with van der Waals surface area (Å²) < 4.78 is 4.96. The van der Waals surface area contributed by atoms with Crippen molar-refractivity contribution < 1.29 is 9.53 Å². The lowest BCUT2D eigenvalue weighted by Crippen LogP contribution is -2.54. The predicted octanol–water partition coefficient (Wildman–Crippen LogP) is 2.74. The van der Waals surface area contributed by atoms with Gasteiger partial charge in [0.25, 0.3) is 0 Å². The molecule has 0 heterocycles. The predicted molar refractivity (Wildman–Crippen MR) is 74.7 cm³/mol. The Hall–Kier alpha value is -0.570. The monoisotopic (exact) mass is 265 g/mol. The minimum Gasteiger partial charge on any atom is -0.466 e. The lowest BCUT2D eigenvalue weighted by molar-refractivity contribution is -0.143. The van der Waals surface area contributed by atoms with Crippen LogP contribution in [0.15, 0.2) is 0 Å². The molecule has 4 bridgehead atoms. The minimum absolute atomic E-state index is 0.0469. The maximum Gasteiger partial charge on any atom is 0.305 e. The van der Waals surface area contributed by atoms with Crippen molar-refractivity contribution in [3.05, 3.63) is 0 Å². The summed E-state index contributed by atoms with van der Waals surface area (Å²) in [6.07, 6.45) is 8.84. The van der Waals surface area contributed by atoms with Crippen LogP contribution in [0.1, 0.15) is 51.9 Å². The summed E-state index contributed by atoms with van der Waals surface area (Å²) in [5.74, 6) is 3.90. The zero-order valence-corrected chi connectivity index (χ0v) is 12.1. The van der Waals surface area contributed by atoms with E-state index in [1.165, 1.54) is 32.1 Å². The van der Waals surface area contributed by atoms with Gasteiger partial charge < -0.3 is 10.1 Å². The van der Waals surface area contributed by atoms with Crippen LogP contribution in [0.25, 0.3) is 0 Å². The van der Waals surface area contributed by atoms with Gasteiger partial charge in [-0.25, -0.2) is 0 Å². The van der Waals surface area contributed by atoms with Crippen LogP contribution in [-0.2, 0) is 9.53 Å². The largest absolute Gasteiger partial charge is 0.466 e. The Kier molecular flexibility index (Phi) is 4.11. The van der Waals surface area contributed by atoms with E-state index < -0.39 is 0 Å². The molecule has 4 fully saturated rings. The lowest BCUT2D eigenvalue weighted by atomic mass is 9.54. The molecule has 0 spiro atoms. The van der Waals surface area contributed by atoms with Crippen LogP contribution in [0.4, 0.5) is 0 Å². The smallest absolute Gasteiger partial charge is 0.305 e. The summed E-state index contributed by atoms with van der Waals surface area (Å²) in [7, 11) is 0. The van der Waals surface area contributed by atoms with Crippen LogP contribution in [0.3, 0.4) is 0 Å². The van der Waals surface area contributed by atoms with E-state index in [1.54, 1.807) is 0 Å². The highest BCUT2D eigenvalue weighted by Crippen LogP contribution is 2.53. The third-order valence-corrected chi connectivity index (χ3v) is 5.47. The standard InChI is InChI=1S/C16H27NO2/c1-2-19-15(18)4-3-5-17-16-13-7-11-6-12(9-13)10-14(16)8-11/h11-14,16-17H,2-10H2,1H3. The molecule has 0 aromatic rings. The van der Waals surface area contributed by atoms with Crippen LogP contribution in [0, 0.1) is 23.7 Å². The van der Waals surface area contributed by atoms with Crippen molar-refractivity contribution in [3.63, 3.8) is 0 Å². The third-order valence-electron chi connectivity index (χ3n) is 5.47. The fourth-order valence-corrected chi connectivity index (χ4v) is 4.99. The fourth-order valence-electron chi connectivity index (χ4n) is 4.99. The maximum absolute atomic E-state index is 11.3. The number of hydrogen-bond donors (Lipinski definition) is 1. The van der Waals surface area contributed by atoms with Gasteiger partial charge in [-0.3, -0.25) is 4.79 Å². The molecule has 0 aromatic heterocycles. The highest BCUT2D eigenvalue weighted by atomic mass is 16.5. The molecule has 3 nitrogen and oxygen atoms in total. The quantitative estimate of drug-likeness (QED) is 0.593. The highest BCUT2D eigenvalue weighted by Gasteiger charge is 2.47. The Balaban J connectivity index is 1.40.